The lowest BCUT2D eigenvalue weighted by molar-refractivity contribution is -0.0722. The zero-order valence-electron chi connectivity index (χ0n) is 31.6. The van der Waals surface area contributed by atoms with Gasteiger partial charge in [-0.25, -0.2) is 9.97 Å². The van der Waals surface area contributed by atoms with Crippen LogP contribution >= 0.6 is 11.6 Å². The first-order valence-electron chi connectivity index (χ1n) is 19.4. The van der Waals surface area contributed by atoms with Gasteiger partial charge in [0.2, 0.25) is 0 Å². The number of imidazole rings is 1. The Hall–Kier alpha value is -3.88. The average Bonchev–Trinajstić information content (AvgIpc) is 3.65. The molecule has 12 nitrogen and oxygen atoms in total. The van der Waals surface area contributed by atoms with Gasteiger partial charge in [-0.2, -0.15) is 0 Å². The molecule has 1 aromatic carbocycles. The molecule has 7 heterocycles. The fourth-order valence-electron chi connectivity index (χ4n) is 7.78. The van der Waals surface area contributed by atoms with E-state index in [-0.39, 0.29) is 6.10 Å². The van der Waals surface area contributed by atoms with Gasteiger partial charge in [0, 0.05) is 57.6 Å². The Labute approximate surface area is 322 Å². The van der Waals surface area contributed by atoms with Crippen LogP contribution in [-0.2, 0) is 35.1 Å². The zero-order valence-corrected chi connectivity index (χ0v) is 33.4. The maximum atomic E-state index is 6.54. The highest BCUT2D eigenvalue weighted by atomic mass is 35.5. The number of halogens is 1. The number of pyridine rings is 2. The number of ether oxygens (including phenoxy) is 4. The van der Waals surface area contributed by atoms with Crippen LogP contribution in [-0.4, -0.2) is 79.7 Å². The number of benzene rings is 1. The van der Waals surface area contributed by atoms with Gasteiger partial charge in [-0.05, 0) is 81.4 Å². The van der Waals surface area contributed by atoms with Crippen molar-refractivity contribution in [3.05, 3.63) is 76.7 Å². The second-order valence-electron chi connectivity index (χ2n) is 16.7. The van der Waals surface area contributed by atoms with E-state index < -0.39 is 13.9 Å². The molecule has 9 rings (SSSR count). The van der Waals surface area contributed by atoms with E-state index in [1.54, 1.807) is 6.20 Å². The average molecular weight is 769 g/mol. The molecule has 3 fully saturated rings. The van der Waals surface area contributed by atoms with Gasteiger partial charge in [-0.15, -0.1) is 10.2 Å². The van der Waals surface area contributed by atoms with Gasteiger partial charge in [-0.1, -0.05) is 43.4 Å². The summed E-state index contributed by atoms with van der Waals surface area (Å²) in [6, 6.07) is 13.1. The molecule has 0 spiro atoms. The number of likely N-dealkylation sites (tertiary alicyclic amines) is 1. The maximum Gasteiger partial charge on any atom is 0.292 e. The monoisotopic (exact) mass is 768 g/mol. The summed E-state index contributed by atoms with van der Waals surface area (Å²) in [6.07, 6.45) is 9.09. The van der Waals surface area contributed by atoms with Crippen LogP contribution in [0.25, 0.3) is 22.6 Å². The van der Waals surface area contributed by atoms with Gasteiger partial charge in [0.15, 0.2) is 23.0 Å². The first-order chi connectivity index (χ1) is 26.1. The Kier molecular flexibility index (Phi) is 9.49. The quantitative estimate of drug-likeness (QED) is 0.0871. The highest BCUT2D eigenvalue weighted by molar-refractivity contribution is 6.76. The van der Waals surface area contributed by atoms with Crippen molar-refractivity contribution in [3.8, 4) is 22.9 Å². The molecule has 0 amide bonds. The van der Waals surface area contributed by atoms with Gasteiger partial charge in [0.1, 0.15) is 29.6 Å². The first-order valence-corrected chi connectivity index (χ1v) is 23.5. The van der Waals surface area contributed by atoms with Gasteiger partial charge in [0.25, 0.3) is 5.79 Å². The van der Waals surface area contributed by atoms with Crippen molar-refractivity contribution in [3.63, 3.8) is 0 Å². The van der Waals surface area contributed by atoms with E-state index >= 15 is 0 Å². The maximum absolute atomic E-state index is 6.54. The lowest BCUT2D eigenvalue weighted by Crippen LogP contribution is -2.35. The Balaban J connectivity index is 0.921. The molecule has 54 heavy (non-hydrogen) atoms. The lowest BCUT2D eigenvalue weighted by Gasteiger charge is -2.33. The van der Waals surface area contributed by atoms with Crippen LogP contribution in [0.1, 0.15) is 73.8 Å². The van der Waals surface area contributed by atoms with Crippen LogP contribution in [0.15, 0.2) is 48.8 Å². The molecule has 2 atom stereocenters. The minimum Gasteiger partial charge on any atom is -0.443 e. The molecule has 2 unspecified atom stereocenters. The van der Waals surface area contributed by atoms with Gasteiger partial charge < -0.3 is 23.5 Å². The summed E-state index contributed by atoms with van der Waals surface area (Å²) >= 11 is 6.11. The number of rotatable bonds is 13. The Bertz CT molecular complexity index is 2140. The van der Waals surface area contributed by atoms with Crippen LogP contribution in [0, 0.1) is 0 Å². The second kappa shape index (κ2) is 14.3. The largest absolute Gasteiger partial charge is 0.443 e. The Morgan fingerprint density at radius 2 is 1.78 bits per heavy atom. The molecular weight excluding hydrogens is 720 g/mol. The highest BCUT2D eigenvalue weighted by Crippen LogP contribution is 2.49. The van der Waals surface area contributed by atoms with Crippen molar-refractivity contribution >= 4 is 30.8 Å². The van der Waals surface area contributed by atoms with E-state index in [1.165, 1.54) is 5.56 Å². The second-order valence-corrected chi connectivity index (χ2v) is 22.7. The van der Waals surface area contributed by atoms with Crippen molar-refractivity contribution in [2.75, 3.05) is 26.3 Å². The Morgan fingerprint density at radius 1 is 0.944 bits per heavy atom. The van der Waals surface area contributed by atoms with Gasteiger partial charge in [0.05, 0.1) is 24.2 Å². The van der Waals surface area contributed by atoms with Crippen molar-refractivity contribution in [2.45, 2.75) is 108 Å². The molecule has 5 aromatic rings. The summed E-state index contributed by atoms with van der Waals surface area (Å²) in [7, 11) is -1.19. The van der Waals surface area contributed by atoms with Crippen LogP contribution in [0.2, 0.25) is 30.7 Å². The third kappa shape index (κ3) is 7.28. The van der Waals surface area contributed by atoms with Gasteiger partial charge in [-0.3, -0.25) is 14.5 Å². The molecule has 4 aliphatic rings. The molecule has 0 N–H and O–H groups in total. The third-order valence-corrected chi connectivity index (χ3v) is 13.2. The van der Waals surface area contributed by atoms with E-state index in [9.17, 15) is 0 Å². The van der Waals surface area contributed by atoms with E-state index in [2.05, 4.69) is 67.1 Å². The SMILES string of the molecule is CC1(c2ccc(Cl)cn2)Oc2cccc(C3CCN(Cc4nc5cc(-c6nnc(C7CC7)n6COCC[Si](C)(C)C)cnc5n4CC4CCO4)CC3)c2O1. The number of nitrogens with zero attached hydrogens (tertiary/aromatic N) is 8. The van der Waals surface area contributed by atoms with Crippen molar-refractivity contribution in [1.82, 2.24) is 39.2 Å². The number of aromatic nitrogens is 7. The number of piperidine rings is 1. The molecule has 0 bridgehead atoms. The van der Waals surface area contributed by atoms with Crippen molar-refractivity contribution < 1.29 is 18.9 Å². The number of para-hydroxylation sites is 1. The lowest BCUT2D eigenvalue weighted by atomic mass is 9.88. The van der Waals surface area contributed by atoms with Crippen LogP contribution in [0.5, 0.6) is 11.5 Å². The molecule has 284 valence electrons. The van der Waals surface area contributed by atoms with Crippen molar-refractivity contribution in [1.29, 1.82) is 0 Å². The van der Waals surface area contributed by atoms with E-state index in [0.29, 0.717) is 29.3 Å². The fraction of sp³-hybridized carbons (Fsp3) is 0.525. The van der Waals surface area contributed by atoms with Crippen molar-refractivity contribution in [2.24, 2.45) is 0 Å². The number of fused-ring (bicyclic) bond motifs is 2. The third-order valence-electron chi connectivity index (χ3n) is 11.2. The van der Waals surface area contributed by atoms with Gasteiger partial charge >= 0.3 is 0 Å². The summed E-state index contributed by atoms with van der Waals surface area (Å²) in [5, 5.41) is 9.88. The first kappa shape index (κ1) is 35.8. The molecule has 2 saturated heterocycles. The topological polar surface area (TPSA) is 114 Å². The highest BCUT2D eigenvalue weighted by Gasteiger charge is 2.42. The number of hydrogen-bond donors (Lipinski definition) is 0. The summed E-state index contributed by atoms with van der Waals surface area (Å²) in [5.41, 5.74) is 4.54. The number of hydrogen-bond acceptors (Lipinski definition) is 10. The van der Waals surface area contributed by atoms with E-state index in [1.807, 2.05) is 31.3 Å². The van der Waals surface area contributed by atoms with Crippen LogP contribution in [0.3, 0.4) is 0 Å². The predicted molar refractivity (Wildman–Crippen MR) is 209 cm³/mol. The minimum atomic E-state index is -1.19. The molecule has 14 heteroatoms. The standard InChI is InChI=1S/C40H49ClN8O4Si/c1-40(34-11-10-29(41)22-42-34)52-33-7-5-6-31(36(33)53-40)26-12-15-47(16-13-26)24-35-44-32-20-28(21-43-39(32)48(35)23-30-14-17-51-30)38-46-45-37(27-8-9-27)49(38)25-50-18-19-54(2,3)4/h5-7,10-11,20-22,26-27,30H,8-9,12-19,23-25H2,1-4H3. The normalized spacial score (nSPS) is 21.9. The smallest absolute Gasteiger partial charge is 0.292 e. The molecule has 0 radical (unpaired) electrons. The Morgan fingerprint density at radius 3 is 2.50 bits per heavy atom. The van der Waals surface area contributed by atoms with E-state index in [0.717, 1.165) is 123 Å². The van der Waals surface area contributed by atoms with Crippen LogP contribution < -0.4 is 9.47 Å². The molecule has 1 saturated carbocycles. The van der Waals surface area contributed by atoms with E-state index in [4.69, 9.17) is 40.5 Å². The summed E-state index contributed by atoms with van der Waals surface area (Å²) in [5.74, 6) is 4.20. The molecule has 1 aliphatic carbocycles. The van der Waals surface area contributed by atoms with Crippen LogP contribution in [0.4, 0.5) is 0 Å². The molecule has 4 aromatic heterocycles. The molecular formula is C40H49ClN8O4Si. The zero-order chi connectivity index (χ0) is 37.0. The predicted octanol–water partition coefficient (Wildman–Crippen LogP) is 7.74. The summed E-state index contributed by atoms with van der Waals surface area (Å²) in [4.78, 5) is 17.3. The summed E-state index contributed by atoms with van der Waals surface area (Å²) in [6.45, 7) is 14.4. The molecule has 3 aliphatic heterocycles. The fourth-order valence-corrected chi connectivity index (χ4v) is 8.65. The minimum absolute atomic E-state index is 0.182. The summed E-state index contributed by atoms with van der Waals surface area (Å²) < 4.78 is 29.4.